The highest BCUT2D eigenvalue weighted by Gasteiger charge is 2.12. The van der Waals surface area contributed by atoms with Crippen LogP contribution in [-0.4, -0.2) is 17.6 Å². The monoisotopic (exact) mass is 307 g/mol. The maximum Gasteiger partial charge on any atom is 0.244 e. The van der Waals surface area contributed by atoms with E-state index >= 15 is 0 Å². The Hall–Kier alpha value is -2.47. The second-order valence-corrected chi connectivity index (χ2v) is 4.73. The third kappa shape index (κ3) is 4.02. The number of benzene rings is 1. The molecule has 1 atom stereocenters. The summed E-state index contributed by atoms with van der Waals surface area (Å²) in [6, 6.07) is 6.36. The van der Waals surface area contributed by atoms with Crippen LogP contribution in [0.5, 0.6) is 0 Å². The molecule has 2 rings (SSSR count). The zero-order valence-corrected chi connectivity index (χ0v) is 11.8. The second kappa shape index (κ2) is 7.00. The minimum absolute atomic E-state index is 0.0397. The molecular weight excluding hydrogens is 292 g/mol. The largest absolute Gasteiger partial charge is 0.467 e. The van der Waals surface area contributed by atoms with Crippen molar-refractivity contribution in [3.05, 3.63) is 65.6 Å². The fourth-order valence-corrected chi connectivity index (χ4v) is 1.91. The molecule has 1 aromatic carbocycles. The Morgan fingerprint density at radius 3 is 2.82 bits per heavy atom. The van der Waals surface area contributed by atoms with Crippen LogP contribution < -0.4 is 5.32 Å². The first-order valence-electron chi connectivity index (χ1n) is 6.60. The molecule has 4 nitrogen and oxygen atoms in total. The highest BCUT2D eigenvalue weighted by molar-refractivity contribution is 5.94. The standard InChI is InChI=1S/C16H15F2NO3/c1-10(12-5-4-11(17)8-13(12)18)7-16(21)19-9-14(20)15-3-2-6-22-15/h2-8,14,20H,9H2,1H3,(H,19,21)/b10-7-. The van der Waals surface area contributed by atoms with Gasteiger partial charge in [0.25, 0.3) is 0 Å². The molecule has 2 aromatic rings. The third-order valence-corrected chi connectivity index (χ3v) is 3.04. The van der Waals surface area contributed by atoms with Crippen LogP contribution in [0.3, 0.4) is 0 Å². The zero-order valence-electron chi connectivity index (χ0n) is 11.8. The predicted octanol–water partition coefficient (Wildman–Crippen LogP) is 2.81. The van der Waals surface area contributed by atoms with Gasteiger partial charge in [-0.05, 0) is 36.8 Å². The van der Waals surface area contributed by atoms with Gasteiger partial charge in [0.1, 0.15) is 23.5 Å². The number of rotatable bonds is 5. The molecule has 1 heterocycles. The van der Waals surface area contributed by atoms with E-state index in [0.717, 1.165) is 12.1 Å². The van der Waals surface area contributed by atoms with E-state index in [9.17, 15) is 18.7 Å². The summed E-state index contributed by atoms with van der Waals surface area (Å²) < 4.78 is 31.4. The molecule has 2 N–H and O–H groups in total. The Balaban J connectivity index is 1.98. The van der Waals surface area contributed by atoms with Crippen molar-refractivity contribution in [2.24, 2.45) is 0 Å². The minimum atomic E-state index is -0.963. The van der Waals surface area contributed by atoms with Gasteiger partial charge in [-0.15, -0.1) is 0 Å². The Labute approximate surface area is 126 Å². The van der Waals surface area contributed by atoms with Crippen molar-refractivity contribution in [3.8, 4) is 0 Å². The topological polar surface area (TPSA) is 62.5 Å². The van der Waals surface area contributed by atoms with Crippen LogP contribution in [-0.2, 0) is 4.79 Å². The van der Waals surface area contributed by atoms with Crippen LogP contribution in [0.4, 0.5) is 8.78 Å². The summed E-state index contributed by atoms with van der Waals surface area (Å²) in [5, 5.41) is 12.2. The number of furan rings is 1. The lowest BCUT2D eigenvalue weighted by Gasteiger charge is -2.09. The van der Waals surface area contributed by atoms with Gasteiger partial charge in [-0.3, -0.25) is 4.79 Å². The number of aliphatic hydroxyl groups excluding tert-OH is 1. The number of carbonyl (C=O) groups excluding carboxylic acids is 1. The van der Waals surface area contributed by atoms with Crippen molar-refractivity contribution in [1.82, 2.24) is 5.32 Å². The zero-order chi connectivity index (χ0) is 16.1. The quantitative estimate of drug-likeness (QED) is 0.835. The number of amides is 1. The Morgan fingerprint density at radius 2 is 2.18 bits per heavy atom. The number of halogens is 2. The molecule has 0 radical (unpaired) electrons. The van der Waals surface area contributed by atoms with Gasteiger partial charge in [-0.1, -0.05) is 0 Å². The normalized spacial score (nSPS) is 13.0. The van der Waals surface area contributed by atoms with Gasteiger partial charge in [-0.2, -0.15) is 0 Å². The van der Waals surface area contributed by atoms with Gasteiger partial charge in [0.05, 0.1) is 12.8 Å². The second-order valence-electron chi connectivity index (χ2n) is 4.73. The molecule has 0 fully saturated rings. The van der Waals surface area contributed by atoms with E-state index in [1.807, 2.05) is 0 Å². The van der Waals surface area contributed by atoms with Gasteiger partial charge in [-0.25, -0.2) is 8.78 Å². The smallest absolute Gasteiger partial charge is 0.244 e. The molecule has 1 unspecified atom stereocenters. The van der Waals surface area contributed by atoms with E-state index < -0.39 is 23.6 Å². The van der Waals surface area contributed by atoms with E-state index in [4.69, 9.17) is 4.42 Å². The molecular formula is C16H15F2NO3. The SMILES string of the molecule is C/C(=C/C(=O)NCC(O)c1ccco1)c1ccc(F)cc1F. The number of hydrogen-bond acceptors (Lipinski definition) is 3. The predicted molar refractivity (Wildman–Crippen MR) is 76.7 cm³/mol. The summed E-state index contributed by atoms with van der Waals surface area (Å²) in [4.78, 5) is 11.8. The molecule has 0 aliphatic heterocycles. The number of aliphatic hydroxyl groups is 1. The van der Waals surface area contributed by atoms with E-state index in [1.54, 1.807) is 19.1 Å². The molecule has 22 heavy (non-hydrogen) atoms. The van der Waals surface area contributed by atoms with Gasteiger partial charge < -0.3 is 14.8 Å². The molecule has 0 aliphatic carbocycles. The lowest BCUT2D eigenvalue weighted by Crippen LogP contribution is -2.26. The maximum atomic E-state index is 13.6. The molecule has 0 spiro atoms. The minimum Gasteiger partial charge on any atom is -0.467 e. The number of carbonyl (C=O) groups is 1. The lowest BCUT2D eigenvalue weighted by molar-refractivity contribution is -0.116. The maximum absolute atomic E-state index is 13.6. The number of hydrogen-bond donors (Lipinski definition) is 2. The molecule has 6 heteroatoms. The summed E-state index contributed by atoms with van der Waals surface area (Å²) in [5.74, 6) is -1.57. The molecule has 116 valence electrons. The van der Waals surface area contributed by atoms with Crippen molar-refractivity contribution in [2.75, 3.05) is 6.54 Å². The van der Waals surface area contributed by atoms with Crippen LogP contribution in [0, 0.1) is 11.6 Å². The van der Waals surface area contributed by atoms with E-state index in [-0.39, 0.29) is 12.1 Å². The van der Waals surface area contributed by atoms with Gasteiger partial charge >= 0.3 is 0 Å². The average molecular weight is 307 g/mol. The van der Waals surface area contributed by atoms with Gasteiger partial charge in [0.15, 0.2) is 0 Å². The van der Waals surface area contributed by atoms with Crippen LogP contribution in [0.25, 0.3) is 5.57 Å². The Morgan fingerprint density at radius 1 is 1.41 bits per heavy atom. The fourth-order valence-electron chi connectivity index (χ4n) is 1.91. The fraction of sp³-hybridized carbons (Fsp3) is 0.188. The Kier molecular flexibility index (Phi) is 5.06. The summed E-state index contributed by atoms with van der Waals surface area (Å²) in [5.41, 5.74) is 0.491. The summed E-state index contributed by atoms with van der Waals surface area (Å²) in [6.45, 7) is 1.50. The van der Waals surface area contributed by atoms with Crippen molar-refractivity contribution < 1.29 is 23.1 Å². The summed E-state index contributed by atoms with van der Waals surface area (Å²) >= 11 is 0. The molecule has 0 bridgehead atoms. The molecule has 1 amide bonds. The molecule has 1 aromatic heterocycles. The van der Waals surface area contributed by atoms with Crippen molar-refractivity contribution >= 4 is 11.5 Å². The summed E-state index contributed by atoms with van der Waals surface area (Å²) in [7, 11) is 0. The highest BCUT2D eigenvalue weighted by atomic mass is 19.1. The van der Waals surface area contributed by atoms with Crippen LogP contribution in [0.2, 0.25) is 0 Å². The van der Waals surface area contributed by atoms with Crippen LogP contribution in [0.15, 0.2) is 47.1 Å². The van der Waals surface area contributed by atoms with Crippen LogP contribution in [0.1, 0.15) is 24.4 Å². The number of allylic oxidation sites excluding steroid dienone is 1. The highest BCUT2D eigenvalue weighted by Crippen LogP contribution is 2.18. The lowest BCUT2D eigenvalue weighted by atomic mass is 10.1. The average Bonchev–Trinajstić information content (AvgIpc) is 2.98. The van der Waals surface area contributed by atoms with Gasteiger partial charge in [0, 0.05) is 17.7 Å². The Bertz CT molecular complexity index is 681. The molecule has 0 saturated heterocycles. The molecule has 0 aliphatic rings. The number of nitrogens with one attached hydrogen (secondary N) is 1. The first-order valence-corrected chi connectivity index (χ1v) is 6.60. The molecule has 0 saturated carbocycles. The van der Waals surface area contributed by atoms with Crippen molar-refractivity contribution in [1.29, 1.82) is 0 Å². The first-order chi connectivity index (χ1) is 10.5. The summed E-state index contributed by atoms with van der Waals surface area (Å²) in [6.07, 6.45) is 1.64. The van der Waals surface area contributed by atoms with Crippen molar-refractivity contribution in [2.45, 2.75) is 13.0 Å². The van der Waals surface area contributed by atoms with Crippen molar-refractivity contribution in [3.63, 3.8) is 0 Å². The van der Waals surface area contributed by atoms with Gasteiger partial charge in [0.2, 0.25) is 5.91 Å². The first kappa shape index (κ1) is 15.9. The van der Waals surface area contributed by atoms with E-state index in [0.29, 0.717) is 11.3 Å². The van der Waals surface area contributed by atoms with E-state index in [1.165, 1.54) is 18.4 Å². The third-order valence-electron chi connectivity index (χ3n) is 3.04. The van der Waals surface area contributed by atoms with Crippen LogP contribution >= 0.6 is 0 Å². The van der Waals surface area contributed by atoms with E-state index in [2.05, 4.69) is 5.32 Å².